The molecule has 4 fully saturated rings. The van der Waals surface area contributed by atoms with Gasteiger partial charge >= 0.3 is 6.03 Å². The summed E-state index contributed by atoms with van der Waals surface area (Å²) in [6.07, 6.45) is 5.27. The lowest BCUT2D eigenvalue weighted by Gasteiger charge is -2.61. The fourth-order valence-electron chi connectivity index (χ4n) is 8.40. The van der Waals surface area contributed by atoms with Gasteiger partial charge in [0.2, 0.25) is 0 Å². The van der Waals surface area contributed by atoms with Crippen molar-refractivity contribution >= 4 is 40.6 Å². The van der Waals surface area contributed by atoms with Crippen LogP contribution in [-0.2, 0) is 9.59 Å². The van der Waals surface area contributed by atoms with Gasteiger partial charge in [0.1, 0.15) is 5.75 Å². The third-order valence-electron chi connectivity index (χ3n) is 9.45. The lowest BCUT2D eigenvalue weighted by molar-refractivity contribution is -0.161. The first-order chi connectivity index (χ1) is 20.2. The summed E-state index contributed by atoms with van der Waals surface area (Å²) in [5, 5.41) is 26.3. The first-order valence-corrected chi connectivity index (χ1v) is 14.6. The minimum Gasteiger partial charge on any atom is -0.508 e. The van der Waals surface area contributed by atoms with Gasteiger partial charge in [-0.1, -0.05) is 30.3 Å². The van der Waals surface area contributed by atoms with Crippen molar-refractivity contribution in [1.29, 1.82) is 0 Å². The summed E-state index contributed by atoms with van der Waals surface area (Å²) >= 11 is 0. The van der Waals surface area contributed by atoms with Gasteiger partial charge in [-0.15, -0.1) is 0 Å². The van der Waals surface area contributed by atoms with Crippen LogP contribution in [0.4, 0.5) is 27.5 Å². The third kappa shape index (κ3) is 4.67. The number of carbonyl (C=O) groups is 3. The Morgan fingerprint density at radius 2 is 1.48 bits per heavy atom. The zero-order valence-corrected chi connectivity index (χ0v) is 23.2. The van der Waals surface area contributed by atoms with E-state index in [-0.39, 0.29) is 11.2 Å². The van der Waals surface area contributed by atoms with Gasteiger partial charge < -0.3 is 25.7 Å². The van der Waals surface area contributed by atoms with E-state index in [0.717, 1.165) is 32.1 Å². The minimum absolute atomic E-state index is 0.0522. The maximum absolute atomic E-state index is 14.5. The van der Waals surface area contributed by atoms with Crippen LogP contribution < -0.4 is 20.4 Å². The summed E-state index contributed by atoms with van der Waals surface area (Å²) in [6.45, 7) is 0.367. The Morgan fingerprint density at radius 3 is 2.14 bits per heavy atom. The second kappa shape index (κ2) is 9.87. The molecule has 4 bridgehead atoms. The number of aliphatic hydroxyl groups is 1. The number of rotatable bonds is 5. The van der Waals surface area contributed by atoms with Gasteiger partial charge in [0.25, 0.3) is 11.8 Å². The first kappa shape index (κ1) is 26.5. The van der Waals surface area contributed by atoms with Crippen LogP contribution in [0.2, 0.25) is 0 Å². The molecule has 9 nitrogen and oxygen atoms in total. The van der Waals surface area contributed by atoms with Gasteiger partial charge in [-0.3, -0.25) is 14.5 Å². The van der Waals surface area contributed by atoms with Crippen LogP contribution in [0, 0.1) is 17.3 Å². The van der Waals surface area contributed by atoms with E-state index >= 15 is 0 Å². The second-order valence-corrected chi connectivity index (χ2v) is 12.7. The average Bonchev–Trinajstić information content (AvgIpc) is 3.02. The van der Waals surface area contributed by atoms with Crippen molar-refractivity contribution in [1.82, 2.24) is 5.32 Å². The molecule has 4 aliphatic carbocycles. The van der Waals surface area contributed by atoms with Crippen LogP contribution in [0.25, 0.3) is 0 Å². The highest BCUT2D eigenvalue weighted by Gasteiger charge is 2.58. The molecule has 0 saturated heterocycles. The molecule has 0 spiro atoms. The number of para-hydroxylation sites is 3. The van der Waals surface area contributed by atoms with Gasteiger partial charge in [0.15, 0.2) is 6.04 Å². The molecule has 3 unspecified atom stereocenters. The van der Waals surface area contributed by atoms with Crippen LogP contribution in [-0.4, -0.2) is 46.2 Å². The Labute approximate surface area is 244 Å². The number of phenols is 1. The highest BCUT2D eigenvalue weighted by molar-refractivity contribution is 6.24. The number of nitrogens with one attached hydrogen (secondary N) is 2. The van der Waals surface area contributed by atoms with Crippen LogP contribution in [0.5, 0.6) is 5.75 Å². The standard InChI is InChI=1S/C33H34N4O5/c38-25-12-10-23(11-13-25)34-31(41)35-28-29(39)36(20-32-15-21-14-22(16-32)18-33(42,17-21)19-32)26-8-4-5-9-27(26)37(30(28)40)24-6-2-1-3-7-24/h1-13,21-22,28,38,42H,14-20H2,(H2,34,35,41)/t21-,22+,28?,32?,33?. The molecule has 8 rings (SSSR count). The molecule has 0 aromatic heterocycles. The number of amides is 4. The molecule has 0 radical (unpaired) electrons. The number of urea groups is 1. The highest BCUT2D eigenvalue weighted by atomic mass is 16.3. The van der Waals surface area contributed by atoms with Gasteiger partial charge in [-0.05, 0) is 104 Å². The van der Waals surface area contributed by atoms with Crippen molar-refractivity contribution in [2.45, 2.75) is 50.2 Å². The van der Waals surface area contributed by atoms with Crippen molar-refractivity contribution in [3.8, 4) is 5.75 Å². The predicted octanol–water partition coefficient (Wildman–Crippen LogP) is 4.93. The van der Waals surface area contributed by atoms with Crippen LogP contribution in [0.15, 0.2) is 78.9 Å². The number of nitrogens with zero attached hydrogens (tertiary/aromatic N) is 2. The number of hydrogen-bond acceptors (Lipinski definition) is 5. The molecular weight excluding hydrogens is 532 g/mol. The topological polar surface area (TPSA) is 122 Å². The summed E-state index contributed by atoms with van der Waals surface area (Å²) in [6, 6.07) is 20.2. The van der Waals surface area contributed by atoms with E-state index in [9.17, 15) is 24.6 Å². The molecule has 4 saturated carbocycles. The fourth-order valence-corrected chi connectivity index (χ4v) is 8.40. The molecule has 5 aliphatic rings. The van der Waals surface area contributed by atoms with Crippen molar-refractivity contribution in [2.24, 2.45) is 17.3 Å². The highest BCUT2D eigenvalue weighted by Crippen LogP contribution is 2.62. The molecule has 3 aromatic carbocycles. The maximum atomic E-state index is 14.5. The normalized spacial score (nSPS) is 29.7. The van der Waals surface area contributed by atoms with E-state index in [0.29, 0.717) is 47.6 Å². The number of anilines is 4. The summed E-state index contributed by atoms with van der Waals surface area (Å²) in [5.41, 5.74) is 1.19. The number of aromatic hydroxyl groups is 1. The molecule has 42 heavy (non-hydrogen) atoms. The Balaban J connectivity index is 1.28. The summed E-state index contributed by atoms with van der Waals surface area (Å²) < 4.78 is 0. The SMILES string of the molecule is O=C(Nc1ccc(O)cc1)NC1C(=O)N(CC23C[C@@H]4C[C@@H](CC(O)(C4)C2)C3)c2ccccc2N(c2ccccc2)C1=O. The second-order valence-electron chi connectivity index (χ2n) is 12.7. The number of hydrogen-bond donors (Lipinski definition) is 4. The number of benzene rings is 3. The fraction of sp³-hybridized carbons (Fsp3) is 0.364. The van der Waals surface area contributed by atoms with E-state index in [2.05, 4.69) is 10.6 Å². The lowest BCUT2D eigenvalue weighted by atomic mass is 9.48. The number of carbonyl (C=O) groups excluding carboxylic acids is 3. The predicted molar refractivity (Wildman–Crippen MR) is 158 cm³/mol. The van der Waals surface area contributed by atoms with E-state index in [1.54, 1.807) is 17.0 Å². The Morgan fingerprint density at radius 1 is 0.833 bits per heavy atom. The number of fused-ring (bicyclic) bond motifs is 1. The summed E-state index contributed by atoms with van der Waals surface area (Å²) in [7, 11) is 0. The largest absolute Gasteiger partial charge is 0.508 e. The zero-order chi connectivity index (χ0) is 29.1. The molecule has 3 aromatic rings. The maximum Gasteiger partial charge on any atom is 0.320 e. The summed E-state index contributed by atoms with van der Waals surface area (Å²) in [4.78, 5) is 45.1. The van der Waals surface area contributed by atoms with Gasteiger partial charge in [-0.25, -0.2) is 4.79 Å². The molecule has 4 amide bonds. The molecule has 216 valence electrons. The minimum atomic E-state index is -1.49. The Kier molecular flexibility index (Phi) is 6.23. The molecule has 1 aliphatic heterocycles. The van der Waals surface area contributed by atoms with Crippen molar-refractivity contribution in [3.05, 3.63) is 78.9 Å². The Hall–Kier alpha value is -4.37. The van der Waals surface area contributed by atoms with E-state index in [1.165, 1.54) is 29.2 Å². The molecular formula is C33H34N4O5. The van der Waals surface area contributed by atoms with Crippen molar-refractivity contribution < 1.29 is 24.6 Å². The monoisotopic (exact) mass is 566 g/mol. The molecule has 9 heteroatoms. The van der Waals surface area contributed by atoms with Crippen molar-refractivity contribution in [3.63, 3.8) is 0 Å². The number of phenolic OH excluding ortho intramolecular Hbond substituents is 1. The van der Waals surface area contributed by atoms with Crippen LogP contribution in [0.1, 0.15) is 38.5 Å². The van der Waals surface area contributed by atoms with E-state index in [1.807, 2.05) is 42.5 Å². The van der Waals surface area contributed by atoms with Gasteiger partial charge in [-0.2, -0.15) is 0 Å². The van der Waals surface area contributed by atoms with Gasteiger partial charge in [0.05, 0.1) is 17.0 Å². The molecule has 4 N–H and O–H groups in total. The first-order valence-electron chi connectivity index (χ1n) is 14.6. The van der Waals surface area contributed by atoms with E-state index < -0.39 is 29.5 Å². The molecule has 5 atom stereocenters. The van der Waals surface area contributed by atoms with Gasteiger partial charge in [0, 0.05) is 17.9 Å². The van der Waals surface area contributed by atoms with E-state index in [4.69, 9.17) is 0 Å². The van der Waals surface area contributed by atoms with Crippen LogP contribution >= 0.6 is 0 Å². The summed E-state index contributed by atoms with van der Waals surface area (Å²) in [5.74, 6) is -0.154. The lowest BCUT2D eigenvalue weighted by Crippen LogP contribution is -2.61. The average molecular weight is 567 g/mol. The van der Waals surface area contributed by atoms with Crippen LogP contribution in [0.3, 0.4) is 0 Å². The quantitative estimate of drug-likeness (QED) is 0.258. The zero-order valence-electron chi connectivity index (χ0n) is 23.2. The molecule has 1 heterocycles. The Bertz CT molecular complexity index is 1530. The third-order valence-corrected chi connectivity index (χ3v) is 9.45. The van der Waals surface area contributed by atoms with Crippen molar-refractivity contribution in [2.75, 3.05) is 21.7 Å². The smallest absolute Gasteiger partial charge is 0.320 e.